The van der Waals surface area contributed by atoms with E-state index in [2.05, 4.69) is 5.32 Å². The minimum atomic E-state index is -3.73. The van der Waals surface area contributed by atoms with Gasteiger partial charge in [0.2, 0.25) is 0 Å². The Bertz CT molecular complexity index is 1390. The molecule has 6 nitrogen and oxygen atoms in total. The van der Waals surface area contributed by atoms with E-state index in [9.17, 15) is 13.2 Å². The topological polar surface area (TPSA) is 75.7 Å². The van der Waals surface area contributed by atoms with Crippen molar-refractivity contribution in [1.29, 1.82) is 0 Å². The summed E-state index contributed by atoms with van der Waals surface area (Å²) in [5.41, 5.74) is 3.22. The van der Waals surface area contributed by atoms with Gasteiger partial charge in [0.25, 0.3) is 15.9 Å². The third kappa shape index (κ3) is 5.75. The van der Waals surface area contributed by atoms with Gasteiger partial charge in [0, 0.05) is 12.7 Å². The fourth-order valence-corrected chi connectivity index (χ4v) is 4.91. The molecular weight excluding hydrogens is 472 g/mol. The first-order valence-electron chi connectivity index (χ1n) is 11.7. The Hall–Kier alpha value is -4.10. The molecule has 1 amide bonds. The normalized spacial score (nSPS) is 11.9. The van der Waals surface area contributed by atoms with Crippen molar-refractivity contribution in [2.45, 2.75) is 24.3 Å². The Balaban J connectivity index is 1.40. The van der Waals surface area contributed by atoms with Gasteiger partial charge in [-0.3, -0.25) is 9.10 Å². The van der Waals surface area contributed by atoms with Crippen molar-refractivity contribution in [2.75, 3.05) is 16.7 Å². The van der Waals surface area contributed by atoms with Gasteiger partial charge >= 0.3 is 0 Å². The summed E-state index contributed by atoms with van der Waals surface area (Å²) < 4.78 is 33.1. The molecule has 0 aliphatic rings. The summed E-state index contributed by atoms with van der Waals surface area (Å²) in [4.78, 5) is 13.0. The van der Waals surface area contributed by atoms with Gasteiger partial charge in [0.05, 0.1) is 10.6 Å². The molecular formula is C29H28N2O4S. The zero-order valence-corrected chi connectivity index (χ0v) is 21.0. The smallest absolute Gasteiger partial charge is 0.265 e. The molecule has 0 fully saturated rings. The first-order valence-corrected chi connectivity index (χ1v) is 13.1. The Labute approximate surface area is 212 Å². The molecule has 0 saturated carbocycles. The Morgan fingerprint density at radius 2 is 1.36 bits per heavy atom. The number of carbonyl (C=O) groups excluding carboxylic acids is 1. The number of ether oxygens (including phenoxy) is 1. The van der Waals surface area contributed by atoms with Gasteiger partial charge in [-0.15, -0.1) is 0 Å². The molecule has 4 rings (SSSR count). The highest BCUT2D eigenvalue weighted by Crippen LogP contribution is 2.25. The molecule has 0 aliphatic heterocycles. The standard InChI is InChI=1S/C29H28N2O4S/c1-3-28(35-26-18-14-23(15-19-26)22-10-6-4-7-11-22)29(32)30-24-16-20-27(21-17-24)36(33,34)31(2)25-12-8-5-9-13-25/h4-21,28H,3H2,1-2H3,(H,30,32). The van der Waals surface area contributed by atoms with Crippen molar-refractivity contribution in [3.05, 3.63) is 109 Å². The lowest BCUT2D eigenvalue weighted by atomic mass is 10.1. The largest absolute Gasteiger partial charge is 0.481 e. The summed E-state index contributed by atoms with van der Waals surface area (Å²) in [7, 11) is -2.22. The molecule has 1 N–H and O–H groups in total. The van der Waals surface area contributed by atoms with E-state index in [4.69, 9.17) is 4.74 Å². The molecule has 184 valence electrons. The number of hydrogen-bond acceptors (Lipinski definition) is 4. The van der Waals surface area contributed by atoms with E-state index in [0.29, 0.717) is 23.5 Å². The zero-order valence-electron chi connectivity index (χ0n) is 20.2. The predicted octanol–water partition coefficient (Wildman–Crippen LogP) is 5.97. The Morgan fingerprint density at radius 3 is 1.94 bits per heavy atom. The number of nitrogens with zero attached hydrogens (tertiary/aromatic N) is 1. The predicted molar refractivity (Wildman–Crippen MR) is 144 cm³/mol. The van der Waals surface area contributed by atoms with Crippen LogP contribution in [0.3, 0.4) is 0 Å². The van der Waals surface area contributed by atoms with Crippen molar-refractivity contribution in [1.82, 2.24) is 0 Å². The quantitative estimate of drug-likeness (QED) is 0.307. The van der Waals surface area contributed by atoms with Gasteiger partial charge in [-0.05, 0) is 66.1 Å². The van der Waals surface area contributed by atoms with Crippen molar-refractivity contribution in [3.8, 4) is 16.9 Å². The summed E-state index contributed by atoms with van der Waals surface area (Å²) in [5, 5.41) is 2.82. The summed E-state index contributed by atoms with van der Waals surface area (Å²) in [6, 6.07) is 32.6. The molecule has 0 heterocycles. The van der Waals surface area contributed by atoms with E-state index >= 15 is 0 Å². The van der Waals surface area contributed by atoms with Gasteiger partial charge < -0.3 is 10.1 Å². The number of sulfonamides is 1. The molecule has 0 bridgehead atoms. The maximum atomic E-state index is 13.0. The van der Waals surface area contributed by atoms with Crippen LogP contribution in [-0.2, 0) is 14.8 Å². The van der Waals surface area contributed by atoms with E-state index < -0.39 is 16.1 Å². The molecule has 0 saturated heterocycles. The van der Waals surface area contributed by atoms with Crippen LogP contribution in [0, 0.1) is 0 Å². The lowest BCUT2D eigenvalue weighted by Gasteiger charge is -2.20. The van der Waals surface area contributed by atoms with Crippen LogP contribution in [0.4, 0.5) is 11.4 Å². The van der Waals surface area contributed by atoms with E-state index in [-0.39, 0.29) is 10.8 Å². The molecule has 1 unspecified atom stereocenters. The molecule has 36 heavy (non-hydrogen) atoms. The van der Waals surface area contributed by atoms with Crippen molar-refractivity contribution < 1.29 is 17.9 Å². The fraction of sp³-hybridized carbons (Fsp3) is 0.138. The molecule has 0 aromatic heterocycles. The van der Waals surface area contributed by atoms with Crippen LogP contribution in [0.25, 0.3) is 11.1 Å². The van der Waals surface area contributed by atoms with E-state index in [1.165, 1.54) is 23.5 Å². The second-order valence-corrected chi connectivity index (χ2v) is 10.2. The van der Waals surface area contributed by atoms with Gasteiger partial charge in [-0.2, -0.15) is 0 Å². The third-order valence-corrected chi connectivity index (χ3v) is 7.60. The summed E-state index contributed by atoms with van der Waals surface area (Å²) in [5.74, 6) is 0.295. The molecule has 0 radical (unpaired) electrons. The summed E-state index contributed by atoms with van der Waals surface area (Å²) in [6.45, 7) is 1.87. The number of rotatable bonds is 9. The molecule has 4 aromatic rings. The summed E-state index contributed by atoms with van der Waals surface area (Å²) in [6.07, 6.45) is -0.221. The fourth-order valence-electron chi connectivity index (χ4n) is 3.71. The Morgan fingerprint density at radius 1 is 0.806 bits per heavy atom. The second kappa shape index (κ2) is 11.1. The van der Waals surface area contributed by atoms with Crippen molar-refractivity contribution in [3.63, 3.8) is 0 Å². The second-order valence-electron chi connectivity index (χ2n) is 8.23. The number of carbonyl (C=O) groups is 1. The lowest BCUT2D eigenvalue weighted by Crippen LogP contribution is -2.32. The minimum Gasteiger partial charge on any atom is -0.481 e. The number of anilines is 2. The van der Waals surface area contributed by atoms with Crippen molar-refractivity contribution >= 4 is 27.3 Å². The highest BCUT2D eigenvalue weighted by Gasteiger charge is 2.22. The van der Waals surface area contributed by atoms with Gasteiger partial charge in [-0.25, -0.2) is 8.42 Å². The zero-order chi connectivity index (χ0) is 25.5. The van der Waals surface area contributed by atoms with Crippen LogP contribution >= 0.6 is 0 Å². The van der Waals surface area contributed by atoms with Gasteiger partial charge in [-0.1, -0.05) is 67.6 Å². The van der Waals surface area contributed by atoms with Crippen molar-refractivity contribution in [2.24, 2.45) is 0 Å². The Kier molecular flexibility index (Phi) is 7.71. The van der Waals surface area contributed by atoms with Crippen LogP contribution in [-0.4, -0.2) is 27.5 Å². The highest BCUT2D eigenvalue weighted by molar-refractivity contribution is 7.92. The van der Waals surface area contributed by atoms with Crippen LogP contribution in [0.5, 0.6) is 5.75 Å². The highest BCUT2D eigenvalue weighted by atomic mass is 32.2. The number of nitrogens with one attached hydrogen (secondary N) is 1. The minimum absolute atomic E-state index is 0.133. The maximum Gasteiger partial charge on any atom is 0.265 e. The summed E-state index contributed by atoms with van der Waals surface area (Å²) >= 11 is 0. The van der Waals surface area contributed by atoms with Crippen LogP contribution < -0.4 is 14.4 Å². The number of amides is 1. The lowest BCUT2D eigenvalue weighted by molar-refractivity contribution is -0.122. The van der Waals surface area contributed by atoms with Crippen LogP contribution in [0.1, 0.15) is 13.3 Å². The third-order valence-electron chi connectivity index (χ3n) is 5.80. The molecule has 7 heteroatoms. The monoisotopic (exact) mass is 500 g/mol. The van der Waals surface area contributed by atoms with Crippen LogP contribution in [0.15, 0.2) is 114 Å². The average molecular weight is 501 g/mol. The van der Waals surface area contributed by atoms with E-state index in [1.807, 2.05) is 67.6 Å². The average Bonchev–Trinajstić information content (AvgIpc) is 2.93. The molecule has 1 atom stereocenters. The number of benzene rings is 4. The van der Waals surface area contributed by atoms with E-state index in [0.717, 1.165) is 11.1 Å². The van der Waals surface area contributed by atoms with Gasteiger partial charge in [0.15, 0.2) is 6.10 Å². The maximum absolute atomic E-state index is 13.0. The number of hydrogen-bond donors (Lipinski definition) is 1. The first kappa shape index (κ1) is 25.0. The first-order chi connectivity index (χ1) is 17.4. The molecule has 0 aliphatic carbocycles. The van der Waals surface area contributed by atoms with E-state index in [1.54, 1.807) is 36.4 Å². The SMILES string of the molecule is CCC(Oc1ccc(-c2ccccc2)cc1)C(=O)Nc1ccc(S(=O)(=O)N(C)c2ccccc2)cc1. The number of para-hydroxylation sites is 1. The van der Waals surface area contributed by atoms with Crippen LogP contribution in [0.2, 0.25) is 0 Å². The molecule has 4 aromatic carbocycles. The molecule has 0 spiro atoms. The van der Waals surface area contributed by atoms with Gasteiger partial charge in [0.1, 0.15) is 5.75 Å².